The minimum Gasteiger partial charge on any atom is -0.495 e. The lowest BCUT2D eigenvalue weighted by Crippen LogP contribution is -2.24. The molecule has 150 valence electrons. The van der Waals surface area contributed by atoms with Gasteiger partial charge < -0.3 is 19.5 Å². The molecule has 1 fully saturated rings. The van der Waals surface area contributed by atoms with Crippen molar-refractivity contribution in [1.82, 2.24) is 10.1 Å². The van der Waals surface area contributed by atoms with Crippen molar-refractivity contribution in [2.45, 2.75) is 51.9 Å². The van der Waals surface area contributed by atoms with Crippen LogP contribution in [0, 0.1) is 0 Å². The number of ether oxygens (including phenoxy) is 1. The number of nitrogens with one attached hydrogen (secondary N) is 1. The number of nitrogens with zero attached hydrogens (tertiary/aromatic N) is 3. The second-order valence-electron chi connectivity index (χ2n) is 7.85. The number of methoxy groups -OCH3 is 1. The Balaban J connectivity index is 1.64. The third-order valence-corrected chi connectivity index (χ3v) is 4.53. The standard InChI is InChI=1S/C20H26N4O4/c1-20(2,3)19-22-17(28-23-19)10-9-16(25)21-13-7-8-15(27-4)14(12-13)24-11-5-6-18(24)26/h7-8,12H,5-6,9-11H2,1-4H3,(H,21,25). The molecule has 1 N–H and O–H groups in total. The van der Waals surface area contributed by atoms with Crippen molar-refractivity contribution < 1.29 is 18.8 Å². The van der Waals surface area contributed by atoms with Gasteiger partial charge in [-0.25, -0.2) is 0 Å². The number of benzene rings is 1. The fourth-order valence-electron chi connectivity index (χ4n) is 2.99. The first-order valence-electron chi connectivity index (χ1n) is 9.39. The van der Waals surface area contributed by atoms with Gasteiger partial charge in [0.05, 0.1) is 12.8 Å². The van der Waals surface area contributed by atoms with E-state index in [4.69, 9.17) is 9.26 Å². The molecule has 3 rings (SSSR count). The molecule has 1 aromatic heterocycles. The summed E-state index contributed by atoms with van der Waals surface area (Å²) in [4.78, 5) is 30.4. The van der Waals surface area contributed by atoms with Gasteiger partial charge in [-0.3, -0.25) is 9.59 Å². The van der Waals surface area contributed by atoms with E-state index in [0.717, 1.165) is 6.42 Å². The molecule has 8 heteroatoms. The number of rotatable bonds is 6. The molecule has 2 amide bonds. The monoisotopic (exact) mass is 386 g/mol. The van der Waals surface area contributed by atoms with Gasteiger partial charge in [-0.2, -0.15) is 4.98 Å². The van der Waals surface area contributed by atoms with Gasteiger partial charge in [-0.05, 0) is 24.6 Å². The molecule has 1 aliphatic heterocycles. The third-order valence-electron chi connectivity index (χ3n) is 4.53. The van der Waals surface area contributed by atoms with Crippen molar-refractivity contribution in [3.8, 4) is 5.75 Å². The molecule has 28 heavy (non-hydrogen) atoms. The zero-order valence-corrected chi connectivity index (χ0v) is 16.7. The van der Waals surface area contributed by atoms with E-state index >= 15 is 0 Å². The van der Waals surface area contributed by atoms with Gasteiger partial charge in [-0.15, -0.1) is 0 Å². The lowest BCUT2D eigenvalue weighted by atomic mass is 9.96. The first-order valence-corrected chi connectivity index (χ1v) is 9.39. The van der Waals surface area contributed by atoms with E-state index in [9.17, 15) is 9.59 Å². The molecule has 0 saturated carbocycles. The van der Waals surface area contributed by atoms with Crippen LogP contribution >= 0.6 is 0 Å². The highest BCUT2D eigenvalue weighted by Crippen LogP contribution is 2.34. The minimum absolute atomic E-state index is 0.0628. The van der Waals surface area contributed by atoms with Crippen LogP contribution in [-0.2, 0) is 21.4 Å². The van der Waals surface area contributed by atoms with Crippen molar-refractivity contribution in [3.05, 3.63) is 29.9 Å². The van der Waals surface area contributed by atoms with Crippen LogP contribution in [0.5, 0.6) is 5.75 Å². The fraction of sp³-hybridized carbons (Fsp3) is 0.500. The number of hydrogen-bond donors (Lipinski definition) is 1. The first kappa shape index (κ1) is 19.9. The molecule has 0 spiro atoms. The summed E-state index contributed by atoms with van der Waals surface area (Å²) in [5.41, 5.74) is 1.09. The number of aromatic nitrogens is 2. The van der Waals surface area contributed by atoms with Crippen LogP contribution in [0.3, 0.4) is 0 Å². The second-order valence-corrected chi connectivity index (χ2v) is 7.85. The molecule has 1 aromatic carbocycles. The Hall–Kier alpha value is -2.90. The molecule has 0 bridgehead atoms. The summed E-state index contributed by atoms with van der Waals surface area (Å²) in [6.07, 6.45) is 1.93. The van der Waals surface area contributed by atoms with Crippen molar-refractivity contribution >= 4 is 23.2 Å². The third kappa shape index (κ3) is 4.49. The zero-order chi connectivity index (χ0) is 20.3. The minimum atomic E-state index is -0.198. The topological polar surface area (TPSA) is 97.6 Å². The number of hydrogen-bond acceptors (Lipinski definition) is 6. The summed E-state index contributed by atoms with van der Waals surface area (Å²) in [7, 11) is 1.56. The van der Waals surface area contributed by atoms with Crippen LogP contribution in [-0.4, -0.2) is 35.6 Å². The molecule has 0 radical (unpaired) electrons. The van der Waals surface area contributed by atoms with E-state index in [-0.39, 0.29) is 23.7 Å². The molecular formula is C20H26N4O4. The van der Waals surface area contributed by atoms with Gasteiger partial charge in [-0.1, -0.05) is 25.9 Å². The molecule has 2 heterocycles. The van der Waals surface area contributed by atoms with E-state index in [1.807, 2.05) is 20.8 Å². The van der Waals surface area contributed by atoms with Crippen molar-refractivity contribution in [1.29, 1.82) is 0 Å². The number of carbonyl (C=O) groups is 2. The molecule has 0 atom stereocenters. The van der Waals surface area contributed by atoms with Crippen LogP contribution < -0.4 is 15.0 Å². The van der Waals surface area contributed by atoms with E-state index < -0.39 is 0 Å². The molecule has 0 aliphatic carbocycles. The Morgan fingerprint density at radius 1 is 1.36 bits per heavy atom. The maximum atomic E-state index is 12.3. The molecular weight excluding hydrogens is 360 g/mol. The highest BCUT2D eigenvalue weighted by molar-refractivity contribution is 5.98. The van der Waals surface area contributed by atoms with E-state index in [1.165, 1.54) is 0 Å². The van der Waals surface area contributed by atoms with Gasteiger partial charge in [0, 0.05) is 36.9 Å². The lowest BCUT2D eigenvalue weighted by Gasteiger charge is -2.20. The second kappa shape index (κ2) is 8.00. The summed E-state index contributed by atoms with van der Waals surface area (Å²) in [5, 5.41) is 6.82. The Labute approximate surface area is 164 Å². The van der Waals surface area contributed by atoms with E-state index in [2.05, 4.69) is 15.5 Å². The highest BCUT2D eigenvalue weighted by Gasteiger charge is 2.25. The van der Waals surface area contributed by atoms with E-state index in [1.54, 1.807) is 30.2 Å². The predicted molar refractivity (Wildman–Crippen MR) is 105 cm³/mol. The van der Waals surface area contributed by atoms with Crippen molar-refractivity contribution in [3.63, 3.8) is 0 Å². The number of amides is 2. The number of aryl methyl sites for hydroxylation is 1. The van der Waals surface area contributed by atoms with Crippen LogP contribution in [0.25, 0.3) is 0 Å². The average molecular weight is 386 g/mol. The Morgan fingerprint density at radius 2 is 2.14 bits per heavy atom. The number of anilines is 2. The van der Waals surface area contributed by atoms with Crippen LogP contribution in [0.2, 0.25) is 0 Å². The Bertz CT molecular complexity index is 869. The van der Waals surface area contributed by atoms with Crippen molar-refractivity contribution in [2.75, 3.05) is 23.9 Å². The molecule has 2 aromatic rings. The predicted octanol–water partition coefficient (Wildman–Crippen LogP) is 3.07. The zero-order valence-electron chi connectivity index (χ0n) is 16.7. The van der Waals surface area contributed by atoms with Gasteiger partial charge >= 0.3 is 0 Å². The van der Waals surface area contributed by atoms with Crippen LogP contribution in [0.15, 0.2) is 22.7 Å². The summed E-state index contributed by atoms with van der Waals surface area (Å²) in [5.74, 6) is 1.57. The van der Waals surface area contributed by atoms with Crippen LogP contribution in [0.1, 0.15) is 51.7 Å². The van der Waals surface area contributed by atoms with Gasteiger partial charge in [0.2, 0.25) is 17.7 Å². The summed E-state index contributed by atoms with van der Waals surface area (Å²) < 4.78 is 10.6. The highest BCUT2D eigenvalue weighted by atomic mass is 16.5. The largest absolute Gasteiger partial charge is 0.495 e. The van der Waals surface area contributed by atoms with Gasteiger partial charge in [0.25, 0.3) is 0 Å². The average Bonchev–Trinajstić information content (AvgIpc) is 3.28. The smallest absolute Gasteiger partial charge is 0.227 e. The summed E-state index contributed by atoms with van der Waals surface area (Å²) in [6.45, 7) is 6.65. The normalized spacial score (nSPS) is 14.4. The summed E-state index contributed by atoms with van der Waals surface area (Å²) in [6, 6.07) is 5.28. The molecule has 1 saturated heterocycles. The SMILES string of the molecule is COc1ccc(NC(=O)CCc2nc(C(C)(C)C)no2)cc1N1CCCC1=O. The molecule has 8 nitrogen and oxygen atoms in total. The first-order chi connectivity index (χ1) is 13.3. The van der Waals surface area contributed by atoms with E-state index in [0.29, 0.717) is 48.2 Å². The Morgan fingerprint density at radius 3 is 2.75 bits per heavy atom. The maximum absolute atomic E-state index is 12.3. The van der Waals surface area contributed by atoms with Gasteiger partial charge in [0.1, 0.15) is 5.75 Å². The summed E-state index contributed by atoms with van der Waals surface area (Å²) >= 11 is 0. The quantitative estimate of drug-likeness (QED) is 0.819. The van der Waals surface area contributed by atoms with Crippen LogP contribution in [0.4, 0.5) is 11.4 Å². The lowest BCUT2D eigenvalue weighted by molar-refractivity contribution is -0.117. The number of carbonyl (C=O) groups excluding carboxylic acids is 2. The Kier molecular flexibility index (Phi) is 5.67. The molecule has 0 unspecified atom stereocenters. The van der Waals surface area contributed by atoms with Gasteiger partial charge in [0.15, 0.2) is 5.82 Å². The fourth-order valence-corrected chi connectivity index (χ4v) is 2.99. The van der Waals surface area contributed by atoms with Crippen molar-refractivity contribution in [2.24, 2.45) is 0 Å². The molecule has 1 aliphatic rings. The maximum Gasteiger partial charge on any atom is 0.227 e.